The minimum atomic E-state index is -0.567. The van der Waals surface area contributed by atoms with Crippen molar-refractivity contribution in [2.45, 2.75) is 27.4 Å². The lowest BCUT2D eigenvalue weighted by Crippen LogP contribution is -2.36. The molecular formula is C29H26BrN3O7S. The third-order valence-electron chi connectivity index (χ3n) is 6.13. The first-order valence-corrected chi connectivity index (χ1v) is 14.1. The molecule has 41 heavy (non-hydrogen) atoms. The van der Waals surface area contributed by atoms with Gasteiger partial charge in [0.2, 0.25) is 5.91 Å². The Morgan fingerprint density at radius 3 is 2.46 bits per heavy atom. The van der Waals surface area contributed by atoms with E-state index in [9.17, 15) is 24.5 Å². The summed E-state index contributed by atoms with van der Waals surface area (Å²) in [7, 11) is 0. The lowest BCUT2D eigenvalue weighted by molar-refractivity contribution is -0.384. The number of hydrogen-bond donors (Lipinski definition) is 1. The fourth-order valence-corrected chi connectivity index (χ4v) is 5.31. The number of carbonyl (C=O) groups excluding carboxylic acids is 3. The molecule has 0 bridgehead atoms. The van der Waals surface area contributed by atoms with Gasteiger partial charge in [-0.1, -0.05) is 6.07 Å². The van der Waals surface area contributed by atoms with Crippen LogP contribution in [0.1, 0.15) is 29.2 Å². The number of ether oxygens (including phenoxy) is 2. The number of anilines is 1. The van der Waals surface area contributed by atoms with Crippen LogP contribution in [0.25, 0.3) is 6.08 Å². The number of carbonyl (C=O) groups is 3. The Balaban J connectivity index is 1.47. The number of halogens is 1. The van der Waals surface area contributed by atoms with Gasteiger partial charge in [-0.15, -0.1) is 0 Å². The van der Waals surface area contributed by atoms with E-state index in [-0.39, 0.29) is 17.2 Å². The van der Waals surface area contributed by atoms with E-state index in [0.717, 1.165) is 33.4 Å². The third-order valence-corrected chi connectivity index (χ3v) is 7.62. The Labute approximate surface area is 249 Å². The predicted molar refractivity (Wildman–Crippen MR) is 160 cm³/mol. The molecule has 0 aliphatic carbocycles. The first kappa shape index (κ1) is 29.8. The lowest BCUT2D eigenvalue weighted by atomic mass is 10.1. The molecule has 212 valence electrons. The molecule has 1 saturated heterocycles. The van der Waals surface area contributed by atoms with Gasteiger partial charge in [-0.05, 0) is 113 Å². The zero-order chi connectivity index (χ0) is 29.7. The van der Waals surface area contributed by atoms with E-state index in [2.05, 4.69) is 21.2 Å². The second-order valence-electron chi connectivity index (χ2n) is 9.09. The molecule has 10 nitrogen and oxygen atoms in total. The number of nitrogens with one attached hydrogen (secondary N) is 1. The summed E-state index contributed by atoms with van der Waals surface area (Å²) in [5, 5.41) is 13.1. The van der Waals surface area contributed by atoms with Crippen LogP contribution in [0.15, 0.2) is 64.0 Å². The number of non-ortho nitro benzene ring substituents is 1. The van der Waals surface area contributed by atoms with Gasteiger partial charge in [-0.2, -0.15) is 0 Å². The maximum Gasteiger partial charge on any atom is 0.294 e. The van der Waals surface area contributed by atoms with Gasteiger partial charge in [0.15, 0.2) is 11.5 Å². The maximum absolute atomic E-state index is 13.0. The normalized spacial score (nSPS) is 14.0. The van der Waals surface area contributed by atoms with Crippen LogP contribution in [0.4, 0.5) is 16.2 Å². The summed E-state index contributed by atoms with van der Waals surface area (Å²) in [6, 6.07) is 14.9. The van der Waals surface area contributed by atoms with Gasteiger partial charge in [-0.3, -0.25) is 29.4 Å². The number of hydrogen-bond acceptors (Lipinski definition) is 8. The summed E-state index contributed by atoms with van der Waals surface area (Å²) in [6.07, 6.45) is 1.56. The Morgan fingerprint density at radius 1 is 1.07 bits per heavy atom. The van der Waals surface area contributed by atoms with E-state index in [1.54, 1.807) is 36.4 Å². The quantitative estimate of drug-likeness (QED) is 0.149. The van der Waals surface area contributed by atoms with E-state index in [4.69, 9.17) is 9.47 Å². The summed E-state index contributed by atoms with van der Waals surface area (Å²) in [5.41, 5.74) is 3.97. The minimum Gasteiger partial charge on any atom is -0.490 e. The van der Waals surface area contributed by atoms with Crippen LogP contribution in [-0.2, 0) is 16.2 Å². The Morgan fingerprint density at radius 2 is 1.80 bits per heavy atom. The van der Waals surface area contributed by atoms with Gasteiger partial charge in [-0.25, -0.2) is 0 Å². The van der Waals surface area contributed by atoms with Crippen molar-refractivity contribution in [3.63, 3.8) is 0 Å². The number of nitro benzene ring substituents is 1. The number of rotatable bonds is 10. The smallest absolute Gasteiger partial charge is 0.294 e. The molecule has 1 fully saturated rings. The highest BCUT2D eigenvalue weighted by atomic mass is 79.9. The van der Waals surface area contributed by atoms with Crippen LogP contribution in [-0.4, -0.2) is 40.0 Å². The van der Waals surface area contributed by atoms with Gasteiger partial charge >= 0.3 is 0 Å². The number of amides is 3. The molecule has 3 amide bonds. The summed E-state index contributed by atoms with van der Waals surface area (Å²) < 4.78 is 12.3. The molecular weight excluding hydrogens is 614 g/mol. The minimum absolute atomic E-state index is 0.0133. The van der Waals surface area contributed by atoms with Crippen molar-refractivity contribution in [2.24, 2.45) is 0 Å². The number of benzene rings is 3. The van der Waals surface area contributed by atoms with Crippen LogP contribution < -0.4 is 14.8 Å². The monoisotopic (exact) mass is 639 g/mol. The number of nitro groups is 1. The van der Waals surface area contributed by atoms with Crippen molar-refractivity contribution in [1.29, 1.82) is 0 Å². The van der Waals surface area contributed by atoms with E-state index < -0.39 is 28.5 Å². The molecule has 12 heteroatoms. The van der Waals surface area contributed by atoms with Gasteiger partial charge in [0, 0.05) is 17.8 Å². The average Bonchev–Trinajstić information content (AvgIpc) is 3.17. The van der Waals surface area contributed by atoms with E-state index in [1.165, 1.54) is 12.1 Å². The molecule has 0 saturated carbocycles. The van der Waals surface area contributed by atoms with Crippen LogP contribution in [0.2, 0.25) is 0 Å². The second-order valence-corrected chi connectivity index (χ2v) is 10.9. The van der Waals surface area contributed by atoms with Crippen LogP contribution in [0.5, 0.6) is 11.5 Å². The van der Waals surface area contributed by atoms with E-state index in [1.807, 2.05) is 32.9 Å². The van der Waals surface area contributed by atoms with Gasteiger partial charge in [0.25, 0.3) is 16.8 Å². The first-order chi connectivity index (χ1) is 19.5. The summed E-state index contributed by atoms with van der Waals surface area (Å²) >= 11 is 4.24. The molecule has 3 aromatic carbocycles. The standard InChI is InChI=1S/C29H26BrN3O7S/c1-4-39-24-13-20(12-23(30)27(24)40-16-19-6-9-22(10-7-19)33(37)38)14-25-28(35)32(29(36)41-25)15-26(34)31-21-8-5-17(2)18(3)11-21/h5-14H,4,15-16H2,1-3H3,(H,31,34)/b25-14+. The van der Waals surface area contributed by atoms with Crippen LogP contribution in [0, 0.1) is 24.0 Å². The zero-order valence-electron chi connectivity index (χ0n) is 22.4. The van der Waals surface area contributed by atoms with Crippen LogP contribution >= 0.6 is 27.7 Å². The fourth-order valence-electron chi connectivity index (χ4n) is 3.89. The average molecular weight is 641 g/mol. The van der Waals surface area contributed by atoms with Crippen molar-refractivity contribution < 1.29 is 28.8 Å². The highest BCUT2D eigenvalue weighted by Gasteiger charge is 2.36. The number of aryl methyl sites for hydroxylation is 2. The van der Waals surface area contributed by atoms with E-state index in [0.29, 0.717) is 33.8 Å². The Hall–Kier alpha value is -4.16. The first-order valence-electron chi connectivity index (χ1n) is 12.5. The molecule has 0 aromatic heterocycles. The molecule has 4 rings (SSSR count). The van der Waals surface area contributed by atoms with Crippen LogP contribution in [0.3, 0.4) is 0 Å². The molecule has 0 spiro atoms. The zero-order valence-corrected chi connectivity index (χ0v) is 24.8. The predicted octanol–water partition coefficient (Wildman–Crippen LogP) is 6.63. The molecule has 0 unspecified atom stereocenters. The summed E-state index contributed by atoms with van der Waals surface area (Å²) in [4.78, 5) is 49.7. The Bertz CT molecular complexity index is 1560. The highest BCUT2D eigenvalue weighted by molar-refractivity contribution is 9.10. The van der Waals surface area contributed by atoms with Crippen molar-refractivity contribution >= 4 is 62.2 Å². The lowest BCUT2D eigenvalue weighted by Gasteiger charge is -2.15. The third kappa shape index (κ3) is 7.33. The number of nitrogens with zero attached hydrogens (tertiary/aromatic N) is 2. The molecule has 1 aliphatic rings. The highest BCUT2D eigenvalue weighted by Crippen LogP contribution is 2.40. The van der Waals surface area contributed by atoms with Crippen molar-refractivity contribution in [1.82, 2.24) is 4.90 Å². The molecule has 1 heterocycles. The van der Waals surface area contributed by atoms with Crippen molar-refractivity contribution in [2.75, 3.05) is 18.5 Å². The van der Waals surface area contributed by atoms with Crippen molar-refractivity contribution in [3.8, 4) is 11.5 Å². The molecule has 1 N–H and O–H groups in total. The molecule has 1 aliphatic heterocycles. The van der Waals surface area contributed by atoms with Gasteiger partial charge < -0.3 is 14.8 Å². The fraction of sp³-hybridized carbons (Fsp3) is 0.207. The van der Waals surface area contributed by atoms with E-state index >= 15 is 0 Å². The SMILES string of the molecule is CCOc1cc(/C=C2/SC(=O)N(CC(=O)Nc3ccc(C)c(C)c3)C2=O)cc(Br)c1OCc1ccc([N+](=O)[O-])cc1. The number of thioether (sulfide) groups is 1. The summed E-state index contributed by atoms with van der Waals surface area (Å²) in [5.74, 6) is -0.226. The van der Waals surface area contributed by atoms with Gasteiger partial charge in [0.1, 0.15) is 13.2 Å². The summed E-state index contributed by atoms with van der Waals surface area (Å²) in [6.45, 7) is 5.79. The number of imide groups is 1. The Kier molecular flexibility index (Phi) is 9.46. The molecule has 0 radical (unpaired) electrons. The molecule has 0 atom stereocenters. The largest absolute Gasteiger partial charge is 0.490 e. The van der Waals surface area contributed by atoms with Gasteiger partial charge in [0.05, 0.1) is 20.9 Å². The van der Waals surface area contributed by atoms with Crippen molar-refractivity contribution in [3.05, 3.63) is 96.3 Å². The maximum atomic E-state index is 13.0. The molecule has 3 aromatic rings. The topological polar surface area (TPSA) is 128 Å². The second kappa shape index (κ2) is 13.0.